The maximum atomic E-state index is 13.6. The molecule has 0 aliphatic carbocycles. The number of nitrogen functional groups attached to an aromatic ring is 1. The van der Waals surface area contributed by atoms with E-state index in [1.54, 1.807) is 24.5 Å². The van der Waals surface area contributed by atoms with Crippen molar-refractivity contribution in [2.24, 2.45) is 0 Å². The van der Waals surface area contributed by atoms with E-state index in [0.717, 1.165) is 49.0 Å². The van der Waals surface area contributed by atoms with Crippen LogP contribution in [-0.2, 0) is 0 Å². The zero-order chi connectivity index (χ0) is 21.4. The van der Waals surface area contributed by atoms with Crippen LogP contribution in [0.3, 0.4) is 0 Å². The molecule has 4 N–H and O–H groups in total. The van der Waals surface area contributed by atoms with Gasteiger partial charge in [-0.3, -0.25) is 4.98 Å². The molecule has 0 fully saturated rings. The van der Waals surface area contributed by atoms with E-state index in [4.69, 9.17) is 5.73 Å². The lowest BCUT2D eigenvalue weighted by molar-refractivity contribution is 0.628. The molecule has 3 heterocycles. The normalized spacial score (nSPS) is 13.2. The number of fused-ring (bicyclic) bond motifs is 1. The van der Waals surface area contributed by atoms with Gasteiger partial charge in [-0.2, -0.15) is 0 Å². The minimum absolute atomic E-state index is 0.274. The number of halogens is 2. The molecule has 31 heavy (non-hydrogen) atoms. The molecule has 0 radical (unpaired) electrons. The lowest BCUT2D eigenvalue weighted by atomic mass is 9.97. The van der Waals surface area contributed by atoms with Crippen LogP contribution in [0.5, 0.6) is 0 Å². The van der Waals surface area contributed by atoms with E-state index in [1.165, 1.54) is 12.1 Å². The third-order valence-corrected chi connectivity index (χ3v) is 5.93. The summed E-state index contributed by atoms with van der Waals surface area (Å²) in [4.78, 5) is 7.74. The van der Waals surface area contributed by atoms with Crippen LogP contribution in [-0.4, -0.2) is 9.97 Å². The van der Waals surface area contributed by atoms with E-state index in [-0.39, 0.29) is 5.82 Å². The van der Waals surface area contributed by atoms with Crippen molar-refractivity contribution >= 4 is 38.2 Å². The molecule has 2 aromatic carbocycles. The molecule has 2 aromatic heterocycles. The second-order valence-corrected chi connectivity index (χ2v) is 8.01. The SMILES string of the molecule is Nc1c(Br)cc2c(-c3ccncc3)c(-c3ccc(F)cc3)[nH]c2c1C1=CC=CC=CN1. The summed E-state index contributed by atoms with van der Waals surface area (Å²) in [5.74, 6) is -0.274. The van der Waals surface area contributed by atoms with Crippen molar-refractivity contribution in [1.29, 1.82) is 0 Å². The van der Waals surface area contributed by atoms with Gasteiger partial charge < -0.3 is 16.0 Å². The number of nitrogens with one attached hydrogen (secondary N) is 2. The van der Waals surface area contributed by atoms with E-state index >= 15 is 0 Å². The number of nitrogens with two attached hydrogens (primary N) is 1. The van der Waals surface area contributed by atoms with E-state index in [9.17, 15) is 4.39 Å². The van der Waals surface area contributed by atoms with Crippen LogP contribution in [0.1, 0.15) is 5.56 Å². The Labute approximate surface area is 187 Å². The molecule has 0 saturated heterocycles. The molecule has 152 valence electrons. The molecular weight excluding hydrogens is 455 g/mol. The van der Waals surface area contributed by atoms with Gasteiger partial charge in [0.05, 0.1) is 16.9 Å². The highest BCUT2D eigenvalue weighted by Crippen LogP contribution is 2.44. The van der Waals surface area contributed by atoms with E-state index in [2.05, 4.69) is 31.2 Å². The number of rotatable bonds is 3. The largest absolute Gasteiger partial charge is 0.397 e. The first-order valence-corrected chi connectivity index (χ1v) is 10.5. The van der Waals surface area contributed by atoms with Crippen LogP contribution in [0, 0.1) is 5.82 Å². The van der Waals surface area contributed by atoms with Crippen molar-refractivity contribution in [3.63, 3.8) is 0 Å². The summed E-state index contributed by atoms with van der Waals surface area (Å²) in [5, 5.41) is 4.31. The molecule has 4 nitrogen and oxygen atoms in total. The standard InChI is InChI=1S/C25H18BrFN4/c26-19-14-18-21(15-9-12-29-13-10-15)24(16-5-7-17(27)8-6-16)31-25(18)22(23(19)28)20-4-2-1-3-11-30-20/h1-14,30-31H,28H2. The number of pyridine rings is 1. The second kappa shape index (κ2) is 7.89. The van der Waals surface area contributed by atoms with Crippen molar-refractivity contribution < 1.29 is 4.39 Å². The molecule has 4 aromatic rings. The van der Waals surface area contributed by atoms with Gasteiger partial charge in [-0.05, 0) is 81.7 Å². The van der Waals surface area contributed by atoms with Gasteiger partial charge in [0, 0.05) is 45.3 Å². The highest BCUT2D eigenvalue weighted by atomic mass is 79.9. The average molecular weight is 473 g/mol. The van der Waals surface area contributed by atoms with Gasteiger partial charge in [0.1, 0.15) is 5.82 Å². The summed E-state index contributed by atoms with van der Waals surface area (Å²) >= 11 is 3.64. The highest BCUT2D eigenvalue weighted by molar-refractivity contribution is 9.10. The Kier molecular flexibility index (Phi) is 4.92. The number of aromatic amines is 1. The topological polar surface area (TPSA) is 66.7 Å². The van der Waals surface area contributed by atoms with Gasteiger partial charge in [0.2, 0.25) is 0 Å². The monoisotopic (exact) mass is 472 g/mol. The maximum Gasteiger partial charge on any atom is 0.123 e. The molecule has 0 bridgehead atoms. The fraction of sp³-hybridized carbons (Fsp3) is 0. The summed E-state index contributed by atoms with van der Waals surface area (Å²) in [6, 6.07) is 12.4. The number of allylic oxidation sites excluding steroid dienone is 4. The Morgan fingerprint density at radius 3 is 2.45 bits per heavy atom. The summed E-state index contributed by atoms with van der Waals surface area (Å²) in [7, 11) is 0. The lowest BCUT2D eigenvalue weighted by Crippen LogP contribution is -2.07. The summed E-state index contributed by atoms with van der Waals surface area (Å²) in [5.41, 5.74) is 13.6. The predicted molar refractivity (Wildman–Crippen MR) is 128 cm³/mol. The average Bonchev–Trinajstić information content (AvgIpc) is 2.96. The molecule has 1 aliphatic rings. The zero-order valence-corrected chi connectivity index (χ0v) is 17.9. The minimum atomic E-state index is -0.274. The van der Waals surface area contributed by atoms with E-state index in [0.29, 0.717) is 5.69 Å². The summed E-state index contributed by atoms with van der Waals surface area (Å²) in [6.45, 7) is 0. The van der Waals surface area contributed by atoms with Gasteiger partial charge in [0.15, 0.2) is 0 Å². The highest BCUT2D eigenvalue weighted by Gasteiger charge is 2.22. The number of nitrogens with zero attached hydrogens (tertiary/aromatic N) is 1. The first-order chi connectivity index (χ1) is 15.1. The number of hydrogen-bond donors (Lipinski definition) is 3. The predicted octanol–water partition coefficient (Wildman–Crippen LogP) is 6.39. The number of H-pyrrole nitrogens is 1. The Balaban J connectivity index is 1.88. The maximum absolute atomic E-state index is 13.6. The second-order valence-electron chi connectivity index (χ2n) is 7.16. The van der Waals surface area contributed by atoms with E-state index < -0.39 is 0 Å². The quantitative estimate of drug-likeness (QED) is 0.302. The minimum Gasteiger partial charge on any atom is -0.397 e. The zero-order valence-electron chi connectivity index (χ0n) is 16.4. The summed E-state index contributed by atoms with van der Waals surface area (Å²) < 4.78 is 14.4. The van der Waals surface area contributed by atoms with Gasteiger partial charge in [-0.1, -0.05) is 12.2 Å². The van der Waals surface area contributed by atoms with Crippen LogP contribution < -0.4 is 11.1 Å². The first-order valence-electron chi connectivity index (χ1n) is 9.74. The molecule has 0 unspecified atom stereocenters. The van der Waals surface area contributed by atoms with Crippen molar-refractivity contribution in [3.8, 4) is 22.4 Å². The third kappa shape index (κ3) is 3.45. The van der Waals surface area contributed by atoms with Crippen LogP contribution in [0.15, 0.2) is 89.8 Å². The molecule has 5 rings (SSSR count). The van der Waals surface area contributed by atoms with Crippen molar-refractivity contribution in [2.75, 3.05) is 5.73 Å². The number of aromatic nitrogens is 2. The molecule has 0 saturated carbocycles. The Morgan fingerprint density at radius 2 is 1.68 bits per heavy atom. The summed E-state index contributed by atoms with van der Waals surface area (Å²) in [6.07, 6.45) is 13.2. The van der Waals surface area contributed by atoms with Gasteiger partial charge in [-0.15, -0.1) is 0 Å². The number of benzene rings is 2. The molecule has 0 atom stereocenters. The van der Waals surface area contributed by atoms with Crippen molar-refractivity contribution in [2.45, 2.75) is 0 Å². The molecule has 6 heteroatoms. The van der Waals surface area contributed by atoms with Crippen molar-refractivity contribution in [1.82, 2.24) is 15.3 Å². The third-order valence-electron chi connectivity index (χ3n) is 5.28. The van der Waals surface area contributed by atoms with Crippen LogP contribution in [0.2, 0.25) is 0 Å². The molecule has 1 aliphatic heterocycles. The van der Waals surface area contributed by atoms with E-state index in [1.807, 2.05) is 48.7 Å². The fourth-order valence-electron chi connectivity index (χ4n) is 3.86. The lowest BCUT2D eigenvalue weighted by Gasteiger charge is -2.13. The van der Waals surface area contributed by atoms with Gasteiger partial charge in [-0.25, -0.2) is 4.39 Å². The molecule has 0 amide bonds. The van der Waals surface area contributed by atoms with Crippen LogP contribution >= 0.6 is 15.9 Å². The van der Waals surface area contributed by atoms with Gasteiger partial charge >= 0.3 is 0 Å². The molecular formula is C25H18BrFN4. The Morgan fingerprint density at radius 1 is 0.903 bits per heavy atom. The number of anilines is 1. The van der Waals surface area contributed by atoms with Crippen molar-refractivity contribution in [3.05, 3.63) is 101 Å². The van der Waals surface area contributed by atoms with Crippen LogP contribution in [0.4, 0.5) is 10.1 Å². The van der Waals surface area contributed by atoms with Crippen LogP contribution in [0.25, 0.3) is 39.0 Å². The Hall–Kier alpha value is -3.64. The van der Waals surface area contributed by atoms with Gasteiger partial charge in [0.25, 0.3) is 0 Å². The number of hydrogen-bond acceptors (Lipinski definition) is 3. The fourth-order valence-corrected chi connectivity index (χ4v) is 4.29. The smallest absolute Gasteiger partial charge is 0.123 e. The molecule has 0 spiro atoms. The first kappa shape index (κ1) is 19.3. The Bertz CT molecular complexity index is 1370.